The summed E-state index contributed by atoms with van der Waals surface area (Å²) in [5.74, 6) is 0.686. The van der Waals surface area contributed by atoms with E-state index in [-0.39, 0.29) is 0 Å². The van der Waals surface area contributed by atoms with Gasteiger partial charge in [-0.1, -0.05) is 115 Å². The van der Waals surface area contributed by atoms with Crippen molar-refractivity contribution in [3.05, 3.63) is 157 Å². The monoisotopic (exact) mass is 584 g/mol. The molecule has 0 N–H and O–H groups in total. The van der Waals surface area contributed by atoms with Gasteiger partial charge in [0, 0.05) is 16.5 Å². The average Bonchev–Trinajstić information content (AvgIpc) is 3.13. The molecule has 0 saturated heterocycles. The molecule has 4 nitrogen and oxygen atoms in total. The van der Waals surface area contributed by atoms with Crippen LogP contribution in [-0.2, 0) is 0 Å². The number of hydrogen-bond acceptors (Lipinski definition) is 4. The third kappa shape index (κ3) is 4.63. The fraction of sp³-hybridized carbons (Fsp3) is 0. The standard InChI is InChI=1S/C42H24N4/c43-25-27-22-28(26-44)24-32(23-27)29-16-18-31(19-17-29)34-20-21-38(36-12-4-3-11-35(34)36)42-45-40-15-6-5-13-39(40)41(46-42)37-14-7-9-30-8-1-2-10-33(30)37/h1-24H. The lowest BCUT2D eigenvalue weighted by Gasteiger charge is -2.14. The van der Waals surface area contributed by atoms with E-state index in [1.54, 1.807) is 6.07 Å². The molecule has 7 aromatic carbocycles. The Hall–Kier alpha value is -6.62. The lowest BCUT2D eigenvalue weighted by molar-refractivity contribution is 1.24. The normalized spacial score (nSPS) is 11.0. The third-order valence-corrected chi connectivity index (χ3v) is 8.53. The largest absolute Gasteiger partial charge is 0.228 e. The molecule has 46 heavy (non-hydrogen) atoms. The van der Waals surface area contributed by atoms with E-state index in [4.69, 9.17) is 9.97 Å². The molecule has 4 heteroatoms. The molecule has 0 amide bonds. The first-order valence-corrected chi connectivity index (χ1v) is 15.0. The van der Waals surface area contributed by atoms with Crippen molar-refractivity contribution in [3.63, 3.8) is 0 Å². The fourth-order valence-electron chi connectivity index (χ4n) is 6.35. The number of rotatable bonds is 4. The molecule has 0 aliphatic heterocycles. The summed E-state index contributed by atoms with van der Waals surface area (Å²) >= 11 is 0. The Bertz CT molecular complexity index is 2510. The molecule has 0 saturated carbocycles. The summed E-state index contributed by atoms with van der Waals surface area (Å²) in [6.45, 7) is 0. The number of nitriles is 2. The molecule has 0 fully saturated rings. The predicted molar refractivity (Wildman–Crippen MR) is 186 cm³/mol. The Morgan fingerprint density at radius 2 is 1.00 bits per heavy atom. The van der Waals surface area contributed by atoms with E-state index in [0.717, 1.165) is 66.1 Å². The molecule has 8 rings (SSSR count). The molecule has 0 bridgehead atoms. The maximum atomic E-state index is 9.43. The first kappa shape index (κ1) is 27.0. The molecule has 1 aromatic heterocycles. The highest BCUT2D eigenvalue weighted by Gasteiger charge is 2.16. The Labute approximate surface area is 266 Å². The molecule has 0 aliphatic carbocycles. The van der Waals surface area contributed by atoms with Crippen molar-refractivity contribution < 1.29 is 0 Å². The van der Waals surface area contributed by atoms with Crippen molar-refractivity contribution in [3.8, 4) is 57.0 Å². The Morgan fingerprint density at radius 1 is 0.413 bits per heavy atom. The summed E-state index contributed by atoms with van der Waals surface area (Å²) in [7, 11) is 0. The molecule has 0 unspecified atom stereocenters. The summed E-state index contributed by atoms with van der Waals surface area (Å²) in [6.07, 6.45) is 0. The minimum Gasteiger partial charge on any atom is -0.228 e. The molecule has 0 spiro atoms. The number of aromatic nitrogens is 2. The van der Waals surface area contributed by atoms with Crippen LogP contribution in [0.15, 0.2) is 146 Å². The van der Waals surface area contributed by atoms with Crippen molar-refractivity contribution in [2.45, 2.75) is 0 Å². The molecule has 0 aliphatic rings. The summed E-state index contributed by atoms with van der Waals surface area (Å²) in [4.78, 5) is 10.3. The molecular formula is C42H24N4. The number of benzene rings is 7. The van der Waals surface area contributed by atoms with Gasteiger partial charge >= 0.3 is 0 Å². The number of fused-ring (bicyclic) bond motifs is 3. The minimum atomic E-state index is 0.472. The van der Waals surface area contributed by atoms with Crippen LogP contribution in [-0.4, -0.2) is 9.97 Å². The zero-order valence-corrected chi connectivity index (χ0v) is 24.6. The molecule has 0 atom stereocenters. The van der Waals surface area contributed by atoms with Crippen molar-refractivity contribution in [2.75, 3.05) is 0 Å². The van der Waals surface area contributed by atoms with Gasteiger partial charge in [0.1, 0.15) is 0 Å². The number of hydrogen-bond donors (Lipinski definition) is 0. The van der Waals surface area contributed by atoms with Crippen LogP contribution in [0.1, 0.15) is 11.1 Å². The second kappa shape index (κ2) is 11.1. The quantitative estimate of drug-likeness (QED) is 0.206. The van der Waals surface area contributed by atoms with E-state index in [2.05, 4.69) is 115 Å². The van der Waals surface area contributed by atoms with Gasteiger partial charge in [-0.3, -0.25) is 0 Å². The van der Waals surface area contributed by atoms with Gasteiger partial charge in [-0.05, 0) is 74.1 Å². The van der Waals surface area contributed by atoms with Gasteiger partial charge < -0.3 is 0 Å². The Morgan fingerprint density at radius 3 is 1.74 bits per heavy atom. The zero-order chi connectivity index (χ0) is 31.0. The topological polar surface area (TPSA) is 73.4 Å². The fourth-order valence-corrected chi connectivity index (χ4v) is 6.35. The van der Waals surface area contributed by atoms with Gasteiger partial charge in [-0.15, -0.1) is 0 Å². The van der Waals surface area contributed by atoms with Crippen LogP contribution in [0.5, 0.6) is 0 Å². The first-order valence-electron chi connectivity index (χ1n) is 15.0. The van der Waals surface area contributed by atoms with Crippen molar-refractivity contribution in [1.29, 1.82) is 10.5 Å². The van der Waals surface area contributed by atoms with Crippen LogP contribution < -0.4 is 0 Å². The molecule has 212 valence electrons. The second-order valence-corrected chi connectivity index (χ2v) is 11.2. The highest BCUT2D eigenvalue weighted by Crippen LogP contribution is 2.38. The minimum absolute atomic E-state index is 0.472. The van der Waals surface area contributed by atoms with Crippen molar-refractivity contribution in [1.82, 2.24) is 9.97 Å². The van der Waals surface area contributed by atoms with Gasteiger partial charge in [0.15, 0.2) is 5.82 Å². The maximum Gasteiger partial charge on any atom is 0.161 e. The Balaban J connectivity index is 1.27. The van der Waals surface area contributed by atoms with Crippen LogP contribution in [0.25, 0.3) is 77.3 Å². The van der Waals surface area contributed by atoms with Crippen molar-refractivity contribution >= 4 is 32.4 Å². The third-order valence-electron chi connectivity index (χ3n) is 8.53. The smallest absolute Gasteiger partial charge is 0.161 e. The number of para-hydroxylation sites is 1. The second-order valence-electron chi connectivity index (χ2n) is 11.2. The lowest BCUT2D eigenvalue weighted by Crippen LogP contribution is -1.97. The van der Waals surface area contributed by atoms with E-state index in [9.17, 15) is 10.5 Å². The van der Waals surface area contributed by atoms with Crippen molar-refractivity contribution in [2.24, 2.45) is 0 Å². The van der Waals surface area contributed by atoms with Gasteiger partial charge in [0.25, 0.3) is 0 Å². The van der Waals surface area contributed by atoms with E-state index in [1.807, 2.05) is 36.4 Å². The zero-order valence-electron chi connectivity index (χ0n) is 24.6. The Kier molecular flexibility index (Phi) is 6.53. The van der Waals surface area contributed by atoms with Gasteiger partial charge in [-0.25, -0.2) is 9.97 Å². The number of nitrogens with zero attached hydrogens (tertiary/aromatic N) is 4. The maximum absolute atomic E-state index is 9.43. The molecular weight excluding hydrogens is 560 g/mol. The highest BCUT2D eigenvalue weighted by molar-refractivity contribution is 6.07. The first-order chi connectivity index (χ1) is 22.7. The van der Waals surface area contributed by atoms with Crippen LogP contribution in [0.4, 0.5) is 0 Å². The van der Waals surface area contributed by atoms with E-state index in [1.165, 1.54) is 5.39 Å². The molecule has 0 radical (unpaired) electrons. The van der Waals surface area contributed by atoms with Gasteiger partial charge in [0.2, 0.25) is 0 Å². The lowest BCUT2D eigenvalue weighted by atomic mass is 9.93. The highest BCUT2D eigenvalue weighted by atomic mass is 14.9. The van der Waals surface area contributed by atoms with Gasteiger partial charge in [0.05, 0.1) is 34.5 Å². The molecule has 8 aromatic rings. The van der Waals surface area contributed by atoms with Crippen LogP contribution >= 0.6 is 0 Å². The van der Waals surface area contributed by atoms with Gasteiger partial charge in [-0.2, -0.15) is 10.5 Å². The predicted octanol–water partition coefficient (Wildman–Crippen LogP) is 10.3. The van der Waals surface area contributed by atoms with E-state index < -0.39 is 0 Å². The van der Waals surface area contributed by atoms with Crippen LogP contribution in [0, 0.1) is 22.7 Å². The molecule has 1 heterocycles. The average molecular weight is 585 g/mol. The van der Waals surface area contributed by atoms with E-state index in [0.29, 0.717) is 17.0 Å². The summed E-state index contributed by atoms with van der Waals surface area (Å²) < 4.78 is 0. The summed E-state index contributed by atoms with van der Waals surface area (Å²) in [5, 5.41) is 24.4. The summed E-state index contributed by atoms with van der Waals surface area (Å²) in [5.41, 5.74) is 8.78. The summed E-state index contributed by atoms with van der Waals surface area (Å²) in [6, 6.07) is 53.5. The SMILES string of the molecule is N#Cc1cc(C#N)cc(-c2ccc(-c3ccc(-c4nc(-c5cccc6ccccc56)c5ccccc5n4)c4ccccc34)cc2)c1. The van der Waals surface area contributed by atoms with E-state index >= 15 is 0 Å². The van der Waals surface area contributed by atoms with Crippen LogP contribution in [0.3, 0.4) is 0 Å². The van der Waals surface area contributed by atoms with Crippen LogP contribution in [0.2, 0.25) is 0 Å².